The lowest BCUT2D eigenvalue weighted by Gasteiger charge is -2.22. The zero-order valence-electron chi connectivity index (χ0n) is 7.19. The van der Waals surface area contributed by atoms with Gasteiger partial charge in [0.15, 0.2) is 0 Å². The molecule has 0 bridgehead atoms. The maximum atomic E-state index is 8.83. The average Bonchev–Trinajstić information content (AvgIpc) is 2.07. The van der Waals surface area contributed by atoms with E-state index < -0.39 is 0 Å². The normalized spacial score (nSPS) is 11.5. The summed E-state index contributed by atoms with van der Waals surface area (Å²) >= 11 is 0. The van der Waals surface area contributed by atoms with Gasteiger partial charge in [-0.05, 0) is 18.8 Å². The zero-order valence-corrected chi connectivity index (χ0v) is 7.19. The molecule has 4 heteroatoms. The van der Waals surface area contributed by atoms with Crippen LogP contribution in [-0.4, -0.2) is 46.9 Å². The number of hydrogen-bond acceptors (Lipinski definition) is 4. The first kappa shape index (κ1) is 11.8. The minimum Gasteiger partial charge on any atom is -0.396 e. The Kier molecular flexibility index (Phi) is 7.39. The molecule has 0 rings (SSSR count). The molecule has 0 aliphatic heterocycles. The first-order chi connectivity index (χ1) is 5.79. The molecule has 0 aromatic rings. The van der Waals surface area contributed by atoms with E-state index in [0.29, 0.717) is 12.8 Å². The van der Waals surface area contributed by atoms with Crippen molar-refractivity contribution in [2.24, 2.45) is 11.8 Å². The van der Waals surface area contributed by atoms with E-state index in [1.807, 2.05) is 0 Å². The molecule has 4 N–H and O–H groups in total. The lowest BCUT2D eigenvalue weighted by atomic mass is 9.88. The van der Waals surface area contributed by atoms with E-state index in [4.69, 9.17) is 20.4 Å². The van der Waals surface area contributed by atoms with Gasteiger partial charge >= 0.3 is 0 Å². The van der Waals surface area contributed by atoms with Crippen LogP contribution in [0.3, 0.4) is 0 Å². The SMILES string of the molecule is OCCC(CCO)C(CO)CO. The maximum Gasteiger partial charge on any atom is 0.0483 e. The van der Waals surface area contributed by atoms with E-state index in [-0.39, 0.29) is 38.3 Å². The predicted octanol–water partition coefficient (Wildman–Crippen LogP) is -1.03. The van der Waals surface area contributed by atoms with Gasteiger partial charge in [-0.25, -0.2) is 0 Å². The van der Waals surface area contributed by atoms with E-state index in [9.17, 15) is 0 Å². The number of rotatable bonds is 7. The molecule has 0 spiro atoms. The quantitative estimate of drug-likeness (QED) is 0.402. The molecule has 0 amide bonds. The molecule has 0 fully saturated rings. The summed E-state index contributed by atoms with van der Waals surface area (Å²) in [7, 11) is 0. The lowest BCUT2D eigenvalue weighted by Crippen LogP contribution is -2.24. The first-order valence-electron chi connectivity index (χ1n) is 4.23. The molecule has 0 saturated carbocycles. The van der Waals surface area contributed by atoms with Crippen molar-refractivity contribution in [2.45, 2.75) is 12.8 Å². The molecule has 0 aliphatic carbocycles. The van der Waals surface area contributed by atoms with Gasteiger partial charge in [0.2, 0.25) is 0 Å². The Morgan fingerprint density at radius 1 is 0.667 bits per heavy atom. The van der Waals surface area contributed by atoms with Crippen molar-refractivity contribution in [3.8, 4) is 0 Å². The van der Waals surface area contributed by atoms with Gasteiger partial charge < -0.3 is 20.4 Å². The molecule has 0 atom stereocenters. The van der Waals surface area contributed by atoms with Gasteiger partial charge in [-0.15, -0.1) is 0 Å². The van der Waals surface area contributed by atoms with Gasteiger partial charge in [0.25, 0.3) is 0 Å². The highest BCUT2D eigenvalue weighted by molar-refractivity contribution is 4.68. The molecule has 4 nitrogen and oxygen atoms in total. The molecule has 74 valence electrons. The van der Waals surface area contributed by atoms with E-state index >= 15 is 0 Å². The highest BCUT2D eigenvalue weighted by atomic mass is 16.3. The van der Waals surface area contributed by atoms with Crippen LogP contribution in [0.25, 0.3) is 0 Å². The van der Waals surface area contributed by atoms with Crippen molar-refractivity contribution in [1.29, 1.82) is 0 Å². The average molecular weight is 178 g/mol. The Morgan fingerprint density at radius 3 is 1.33 bits per heavy atom. The van der Waals surface area contributed by atoms with Crippen LogP contribution in [0.2, 0.25) is 0 Å². The summed E-state index contributed by atoms with van der Waals surface area (Å²) in [6.07, 6.45) is 1.04. The Balaban J connectivity index is 3.86. The maximum absolute atomic E-state index is 8.83. The van der Waals surface area contributed by atoms with Crippen LogP contribution in [0.5, 0.6) is 0 Å². The Morgan fingerprint density at radius 2 is 1.08 bits per heavy atom. The third kappa shape index (κ3) is 4.01. The van der Waals surface area contributed by atoms with E-state index in [2.05, 4.69) is 0 Å². The fraction of sp³-hybridized carbons (Fsp3) is 1.00. The van der Waals surface area contributed by atoms with Gasteiger partial charge in [-0.1, -0.05) is 0 Å². The molecule has 0 unspecified atom stereocenters. The molecule has 0 aromatic heterocycles. The van der Waals surface area contributed by atoms with Gasteiger partial charge in [-0.2, -0.15) is 0 Å². The second-order valence-corrected chi connectivity index (χ2v) is 2.91. The van der Waals surface area contributed by atoms with Gasteiger partial charge in [-0.3, -0.25) is 0 Å². The van der Waals surface area contributed by atoms with Crippen LogP contribution in [0.1, 0.15) is 12.8 Å². The van der Waals surface area contributed by atoms with Gasteiger partial charge in [0, 0.05) is 32.3 Å². The summed E-state index contributed by atoms with van der Waals surface area (Å²) in [6, 6.07) is 0. The monoisotopic (exact) mass is 178 g/mol. The zero-order chi connectivity index (χ0) is 9.40. The number of aliphatic hydroxyl groups excluding tert-OH is 4. The van der Waals surface area contributed by atoms with Crippen LogP contribution in [0, 0.1) is 11.8 Å². The minimum absolute atomic E-state index is 0.00926. The third-order valence-electron chi connectivity index (χ3n) is 2.14. The Labute approximate surface area is 72.5 Å². The largest absolute Gasteiger partial charge is 0.396 e. The van der Waals surface area contributed by atoms with Crippen LogP contribution < -0.4 is 0 Å². The summed E-state index contributed by atoms with van der Waals surface area (Å²) in [5.41, 5.74) is 0. The predicted molar refractivity (Wildman–Crippen MR) is 44.6 cm³/mol. The summed E-state index contributed by atoms with van der Waals surface area (Å²) in [5.74, 6) is -0.209. The topological polar surface area (TPSA) is 80.9 Å². The van der Waals surface area contributed by atoms with Crippen molar-refractivity contribution >= 4 is 0 Å². The van der Waals surface area contributed by atoms with Crippen molar-refractivity contribution in [3.05, 3.63) is 0 Å². The summed E-state index contributed by atoms with van der Waals surface area (Å²) in [4.78, 5) is 0. The second-order valence-electron chi connectivity index (χ2n) is 2.91. The Bertz CT molecular complexity index is 87.1. The fourth-order valence-corrected chi connectivity index (χ4v) is 1.30. The second kappa shape index (κ2) is 7.49. The summed E-state index contributed by atoms with van der Waals surface area (Å²) < 4.78 is 0. The van der Waals surface area contributed by atoms with Crippen molar-refractivity contribution in [1.82, 2.24) is 0 Å². The molecule has 0 heterocycles. The lowest BCUT2D eigenvalue weighted by molar-refractivity contribution is 0.0785. The smallest absolute Gasteiger partial charge is 0.0483 e. The number of aliphatic hydroxyl groups is 4. The molecule has 12 heavy (non-hydrogen) atoms. The van der Waals surface area contributed by atoms with Gasteiger partial charge in [0.05, 0.1) is 0 Å². The molecule has 0 aliphatic rings. The fourth-order valence-electron chi connectivity index (χ4n) is 1.30. The highest BCUT2D eigenvalue weighted by Gasteiger charge is 2.18. The standard InChI is InChI=1S/C8H18O4/c9-3-1-7(2-4-10)8(5-11)6-12/h7-12H,1-6H2. The molecular weight excluding hydrogens is 160 g/mol. The van der Waals surface area contributed by atoms with Crippen LogP contribution in [0.15, 0.2) is 0 Å². The van der Waals surface area contributed by atoms with E-state index in [0.717, 1.165) is 0 Å². The van der Waals surface area contributed by atoms with Gasteiger partial charge in [0.1, 0.15) is 0 Å². The van der Waals surface area contributed by atoms with Crippen LogP contribution in [0.4, 0.5) is 0 Å². The van der Waals surface area contributed by atoms with Crippen LogP contribution >= 0.6 is 0 Å². The third-order valence-corrected chi connectivity index (χ3v) is 2.14. The van der Waals surface area contributed by atoms with Crippen LogP contribution in [-0.2, 0) is 0 Å². The summed E-state index contributed by atoms with van der Waals surface area (Å²) in [6.45, 7) is -0.134. The summed E-state index contributed by atoms with van der Waals surface area (Å²) in [5, 5.41) is 35.0. The van der Waals surface area contributed by atoms with Crippen molar-refractivity contribution < 1.29 is 20.4 Å². The molecular formula is C8H18O4. The minimum atomic E-state index is -0.218. The van der Waals surface area contributed by atoms with E-state index in [1.165, 1.54) is 0 Å². The van der Waals surface area contributed by atoms with E-state index in [1.54, 1.807) is 0 Å². The molecule has 0 saturated heterocycles. The first-order valence-corrected chi connectivity index (χ1v) is 4.23. The Hall–Kier alpha value is -0.160. The molecule has 0 radical (unpaired) electrons. The number of hydrogen-bond donors (Lipinski definition) is 4. The molecule has 0 aromatic carbocycles. The van der Waals surface area contributed by atoms with Crippen molar-refractivity contribution in [2.75, 3.05) is 26.4 Å². The highest BCUT2D eigenvalue weighted by Crippen LogP contribution is 2.18. The van der Waals surface area contributed by atoms with Crippen molar-refractivity contribution in [3.63, 3.8) is 0 Å².